The number of thiophene rings is 1. The number of nitrogens with zero attached hydrogens (tertiary/aromatic N) is 3. The van der Waals surface area contributed by atoms with Gasteiger partial charge in [0.1, 0.15) is 11.2 Å². The second-order valence-electron chi connectivity index (χ2n) is 13.9. The lowest BCUT2D eigenvalue weighted by Crippen LogP contribution is -2.00. The zero-order valence-corrected chi connectivity index (χ0v) is 30.9. The topological polar surface area (TPSA) is 51.8 Å². The van der Waals surface area contributed by atoms with Crippen molar-refractivity contribution in [3.05, 3.63) is 188 Å². The first kappa shape index (κ1) is 32.2. The molecule has 0 atom stereocenters. The standard InChI is InChI=1S/C51H31N3OS/c1-4-13-32(14-5-1)33-23-25-36(26-24-33)50-52-49(35-17-8-3-9-18-35)53-51(54-50)37-27-28-41-44(31-37)55-43-21-12-20-39(46(41)43)40-30-29-38(34-15-6-2-7-16-34)47-42-19-10-11-22-45(42)56-48(40)47/h1-31H. The summed E-state index contributed by atoms with van der Waals surface area (Å²) in [5, 5.41) is 4.71. The Kier molecular flexibility index (Phi) is 7.64. The van der Waals surface area contributed by atoms with Gasteiger partial charge in [-0.05, 0) is 52.1 Å². The second kappa shape index (κ2) is 13.3. The van der Waals surface area contributed by atoms with Crippen molar-refractivity contribution in [2.75, 3.05) is 0 Å². The highest BCUT2D eigenvalue weighted by Crippen LogP contribution is 2.47. The van der Waals surface area contributed by atoms with Crippen molar-refractivity contribution >= 4 is 53.4 Å². The van der Waals surface area contributed by atoms with Crippen LogP contribution < -0.4 is 0 Å². The van der Waals surface area contributed by atoms with E-state index < -0.39 is 0 Å². The fraction of sp³-hybridized carbons (Fsp3) is 0. The molecule has 0 bridgehead atoms. The van der Waals surface area contributed by atoms with E-state index in [0.29, 0.717) is 17.5 Å². The Morgan fingerprint density at radius 3 is 1.62 bits per heavy atom. The third kappa shape index (κ3) is 5.48. The molecule has 0 N–H and O–H groups in total. The molecule has 8 aromatic carbocycles. The van der Waals surface area contributed by atoms with Crippen molar-refractivity contribution in [2.24, 2.45) is 0 Å². The van der Waals surface area contributed by atoms with Crippen LogP contribution in [0.3, 0.4) is 0 Å². The predicted molar refractivity (Wildman–Crippen MR) is 233 cm³/mol. The maximum Gasteiger partial charge on any atom is 0.164 e. The molecule has 0 aliphatic rings. The van der Waals surface area contributed by atoms with Crippen LogP contribution in [0.4, 0.5) is 0 Å². The van der Waals surface area contributed by atoms with Crippen molar-refractivity contribution < 1.29 is 4.42 Å². The SMILES string of the molecule is c1ccc(-c2ccc(-c3nc(-c4ccccc4)nc(-c4ccc5c(c4)oc4cccc(-c6ccc(-c7ccccc7)c7c6sc6ccccc67)c45)n3)cc2)cc1. The quantitative estimate of drug-likeness (QED) is 0.171. The maximum atomic E-state index is 6.66. The molecule has 11 aromatic rings. The summed E-state index contributed by atoms with van der Waals surface area (Å²) in [5.41, 5.74) is 11.5. The Labute approximate surface area is 327 Å². The summed E-state index contributed by atoms with van der Waals surface area (Å²) < 4.78 is 9.21. The average Bonchev–Trinajstić information content (AvgIpc) is 3.86. The van der Waals surface area contributed by atoms with Crippen LogP contribution in [0.25, 0.3) is 110 Å². The highest BCUT2D eigenvalue weighted by atomic mass is 32.1. The lowest BCUT2D eigenvalue weighted by atomic mass is 9.93. The summed E-state index contributed by atoms with van der Waals surface area (Å²) >= 11 is 1.85. The number of furan rings is 1. The molecule has 3 heterocycles. The van der Waals surface area contributed by atoms with E-state index in [-0.39, 0.29) is 0 Å². The van der Waals surface area contributed by atoms with Gasteiger partial charge < -0.3 is 4.42 Å². The molecule has 0 amide bonds. The monoisotopic (exact) mass is 733 g/mol. The van der Waals surface area contributed by atoms with Gasteiger partial charge in [0.15, 0.2) is 17.5 Å². The Hall–Kier alpha value is -7.21. The van der Waals surface area contributed by atoms with Gasteiger partial charge in [-0.25, -0.2) is 15.0 Å². The molecule has 262 valence electrons. The molecule has 11 rings (SSSR count). The van der Waals surface area contributed by atoms with Gasteiger partial charge in [0.25, 0.3) is 0 Å². The number of hydrogen-bond donors (Lipinski definition) is 0. The van der Waals surface area contributed by atoms with Gasteiger partial charge in [0, 0.05) is 53.2 Å². The zero-order chi connectivity index (χ0) is 37.0. The first-order valence-electron chi connectivity index (χ1n) is 18.7. The van der Waals surface area contributed by atoms with Crippen LogP contribution in [-0.2, 0) is 0 Å². The largest absolute Gasteiger partial charge is 0.456 e. The van der Waals surface area contributed by atoms with Gasteiger partial charge in [0.2, 0.25) is 0 Å². The third-order valence-corrected chi connectivity index (χ3v) is 11.8. The molecule has 5 heteroatoms. The molecule has 0 saturated carbocycles. The molecule has 0 aliphatic heterocycles. The normalized spacial score (nSPS) is 11.6. The van der Waals surface area contributed by atoms with Crippen molar-refractivity contribution in [1.29, 1.82) is 0 Å². The van der Waals surface area contributed by atoms with Crippen LogP contribution in [0.15, 0.2) is 192 Å². The van der Waals surface area contributed by atoms with E-state index in [0.717, 1.165) is 49.8 Å². The first-order chi connectivity index (χ1) is 27.7. The van der Waals surface area contributed by atoms with Crippen LogP contribution in [0.2, 0.25) is 0 Å². The Bertz CT molecular complexity index is 3230. The lowest BCUT2D eigenvalue weighted by molar-refractivity contribution is 0.669. The third-order valence-electron chi connectivity index (χ3n) is 10.6. The Morgan fingerprint density at radius 2 is 0.893 bits per heavy atom. The smallest absolute Gasteiger partial charge is 0.164 e. The number of fused-ring (bicyclic) bond motifs is 6. The fourth-order valence-electron chi connectivity index (χ4n) is 7.88. The minimum Gasteiger partial charge on any atom is -0.456 e. The van der Waals surface area contributed by atoms with E-state index in [1.165, 1.54) is 42.4 Å². The van der Waals surface area contributed by atoms with E-state index in [9.17, 15) is 0 Å². The van der Waals surface area contributed by atoms with Crippen molar-refractivity contribution in [1.82, 2.24) is 15.0 Å². The van der Waals surface area contributed by atoms with E-state index in [4.69, 9.17) is 19.4 Å². The van der Waals surface area contributed by atoms with Gasteiger partial charge in [0.05, 0.1) is 0 Å². The Morgan fingerprint density at radius 1 is 0.339 bits per heavy atom. The minimum atomic E-state index is 0.590. The van der Waals surface area contributed by atoms with Crippen LogP contribution in [0.5, 0.6) is 0 Å². The molecule has 56 heavy (non-hydrogen) atoms. The van der Waals surface area contributed by atoms with Crippen LogP contribution in [0, 0.1) is 0 Å². The minimum absolute atomic E-state index is 0.590. The molecular formula is C51H31N3OS. The molecule has 0 unspecified atom stereocenters. The highest BCUT2D eigenvalue weighted by Gasteiger charge is 2.20. The zero-order valence-electron chi connectivity index (χ0n) is 30.1. The van der Waals surface area contributed by atoms with E-state index in [1.54, 1.807) is 0 Å². The molecule has 0 saturated heterocycles. The first-order valence-corrected chi connectivity index (χ1v) is 19.5. The van der Waals surface area contributed by atoms with E-state index in [1.807, 2.05) is 47.7 Å². The fourth-order valence-corrected chi connectivity index (χ4v) is 9.14. The molecule has 0 aliphatic carbocycles. The maximum absolute atomic E-state index is 6.66. The Balaban J connectivity index is 1.05. The van der Waals surface area contributed by atoms with E-state index >= 15 is 0 Å². The summed E-state index contributed by atoms with van der Waals surface area (Å²) in [4.78, 5) is 15.0. The van der Waals surface area contributed by atoms with Crippen LogP contribution >= 0.6 is 11.3 Å². The van der Waals surface area contributed by atoms with E-state index in [2.05, 4.69) is 152 Å². The number of aromatic nitrogens is 3. The summed E-state index contributed by atoms with van der Waals surface area (Å²) in [5.74, 6) is 1.83. The summed E-state index contributed by atoms with van der Waals surface area (Å²) in [6, 6.07) is 65.6. The predicted octanol–water partition coefficient (Wildman–Crippen LogP) is 14.1. The highest BCUT2D eigenvalue weighted by molar-refractivity contribution is 7.26. The summed E-state index contributed by atoms with van der Waals surface area (Å²) in [7, 11) is 0. The van der Waals surface area contributed by atoms with Gasteiger partial charge in [-0.1, -0.05) is 164 Å². The molecular weight excluding hydrogens is 703 g/mol. The molecule has 0 fully saturated rings. The van der Waals surface area contributed by atoms with Gasteiger partial charge in [-0.2, -0.15) is 0 Å². The second-order valence-corrected chi connectivity index (χ2v) is 15.0. The molecule has 0 spiro atoms. The van der Waals surface area contributed by atoms with Crippen LogP contribution in [-0.4, -0.2) is 15.0 Å². The lowest BCUT2D eigenvalue weighted by Gasteiger charge is -2.11. The number of hydrogen-bond acceptors (Lipinski definition) is 5. The number of benzene rings is 8. The van der Waals surface area contributed by atoms with Gasteiger partial charge >= 0.3 is 0 Å². The van der Waals surface area contributed by atoms with Gasteiger partial charge in [-0.15, -0.1) is 11.3 Å². The van der Waals surface area contributed by atoms with Crippen molar-refractivity contribution in [3.8, 4) is 67.5 Å². The average molecular weight is 734 g/mol. The van der Waals surface area contributed by atoms with Crippen LogP contribution in [0.1, 0.15) is 0 Å². The molecule has 0 radical (unpaired) electrons. The van der Waals surface area contributed by atoms with Crippen molar-refractivity contribution in [3.63, 3.8) is 0 Å². The van der Waals surface area contributed by atoms with Crippen molar-refractivity contribution in [2.45, 2.75) is 0 Å². The molecule has 4 nitrogen and oxygen atoms in total. The molecule has 3 aromatic heterocycles. The number of rotatable bonds is 6. The summed E-state index contributed by atoms with van der Waals surface area (Å²) in [6.45, 7) is 0. The van der Waals surface area contributed by atoms with Gasteiger partial charge in [-0.3, -0.25) is 0 Å². The summed E-state index contributed by atoms with van der Waals surface area (Å²) in [6.07, 6.45) is 0.